The summed E-state index contributed by atoms with van der Waals surface area (Å²) >= 11 is 0. The van der Waals surface area contributed by atoms with E-state index in [1.807, 2.05) is 48.3 Å². The minimum atomic E-state index is 0.185. The van der Waals surface area contributed by atoms with Crippen molar-refractivity contribution in [2.24, 2.45) is 0 Å². The zero-order valence-corrected chi connectivity index (χ0v) is 16.3. The first-order chi connectivity index (χ1) is 13.1. The summed E-state index contributed by atoms with van der Waals surface area (Å²) in [7, 11) is 3.98. The number of rotatable bonds is 5. The summed E-state index contributed by atoms with van der Waals surface area (Å²) in [6.07, 6.45) is 9.40. The summed E-state index contributed by atoms with van der Waals surface area (Å²) in [6.45, 7) is 1.64. The van der Waals surface area contributed by atoms with E-state index in [0.717, 1.165) is 49.6 Å². The number of carbonyl (C=O) groups is 1. The Morgan fingerprint density at radius 3 is 2.70 bits per heavy atom. The fourth-order valence-corrected chi connectivity index (χ4v) is 3.82. The van der Waals surface area contributed by atoms with E-state index in [-0.39, 0.29) is 5.91 Å². The Bertz CT molecular complexity index is 778. The second-order valence-corrected chi connectivity index (χ2v) is 7.90. The van der Waals surface area contributed by atoms with Crippen LogP contribution in [0, 0.1) is 0 Å². The number of anilines is 2. The smallest absolute Gasteiger partial charge is 0.270 e. The monoisotopic (exact) mass is 367 g/mol. The molecule has 2 fully saturated rings. The molecule has 0 bridgehead atoms. The van der Waals surface area contributed by atoms with Crippen LogP contribution >= 0.6 is 0 Å². The second-order valence-electron chi connectivity index (χ2n) is 7.90. The van der Waals surface area contributed by atoms with Gasteiger partial charge in [0.15, 0.2) is 0 Å². The Kier molecular flexibility index (Phi) is 5.05. The van der Waals surface area contributed by atoms with E-state index in [0.29, 0.717) is 12.1 Å². The van der Waals surface area contributed by atoms with Gasteiger partial charge in [0.1, 0.15) is 11.5 Å². The van der Waals surface area contributed by atoms with Crippen molar-refractivity contribution in [2.75, 3.05) is 37.4 Å². The summed E-state index contributed by atoms with van der Waals surface area (Å²) in [5.74, 6) is 1.14. The third-order valence-corrected chi connectivity index (χ3v) is 5.53. The summed E-state index contributed by atoms with van der Waals surface area (Å²) in [6, 6.07) is 9.00. The molecule has 1 aliphatic heterocycles. The zero-order valence-electron chi connectivity index (χ0n) is 16.3. The van der Waals surface area contributed by atoms with E-state index in [4.69, 9.17) is 0 Å². The molecule has 0 radical (unpaired) electrons. The number of amides is 1. The van der Waals surface area contributed by atoms with Gasteiger partial charge in [0, 0.05) is 45.5 Å². The molecule has 0 unspecified atom stereocenters. The van der Waals surface area contributed by atoms with Gasteiger partial charge in [0.05, 0.1) is 11.9 Å². The largest absolute Gasteiger partial charge is 0.381 e. The standard InChI is InChI=1S/C21H29N5O/c1-24(2)20-10-7-17(15-22-20)23-16-5-3-12-25(14-11-16)21(27)19-6-4-13-26(19)18-8-9-18/h4,6-7,10,13,15-16,18,23H,3,5,8-9,11-12,14H2,1-2H3/t16-/m1/s1. The van der Waals surface area contributed by atoms with Gasteiger partial charge in [0.25, 0.3) is 5.91 Å². The summed E-state index contributed by atoms with van der Waals surface area (Å²) in [5.41, 5.74) is 1.90. The maximum Gasteiger partial charge on any atom is 0.270 e. The van der Waals surface area contributed by atoms with E-state index < -0.39 is 0 Å². The lowest BCUT2D eigenvalue weighted by atomic mass is 10.1. The first-order valence-corrected chi connectivity index (χ1v) is 9.98. The second kappa shape index (κ2) is 7.62. The first kappa shape index (κ1) is 17.9. The van der Waals surface area contributed by atoms with Gasteiger partial charge in [-0.2, -0.15) is 0 Å². The molecule has 2 aromatic rings. The van der Waals surface area contributed by atoms with Gasteiger partial charge in [-0.1, -0.05) is 0 Å². The summed E-state index contributed by atoms with van der Waals surface area (Å²) in [4.78, 5) is 21.5. The molecule has 0 aromatic carbocycles. The minimum absolute atomic E-state index is 0.185. The highest BCUT2D eigenvalue weighted by Crippen LogP contribution is 2.36. The van der Waals surface area contributed by atoms with E-state index in [1.165, 1.54) is 12.8 Å². The number of nitrogens with one attached hydrogen (secondary N) is 1. The number of pyridine rings is 1. The predicted octanol–water partition coefficient (Wildman–Crippen LogP) is 3.39. The normalized spacial score (nSPS) is 20.2. The number of hydrogen-bond acceptors (Lipinski definition) is 4. The predicted molar refractivity (Wildman–Crippen MR) is 108 cm³/mol. The van der Waals surface area contributed by atoms with E-state index in [1.54, 1.807) is 0 Å². The molecule has 27 heavy (non-hydrogen) atoms. The average molecular weight is 367 g/mol. The zero-order chi connectivity index (χ0) is 18.8. The van der Waals surface area contributed by atoms with Crippen LogP contribution in [-0.2, 0) is 0 Å². The fraction of sp³-hybridized carbons (Fsp3) is 0.524. The van der Waals surface area contributed by atoms with Crippen LogP contribution in [0.25, 0.3) is 0 Å². The first-order valence-electron chi connectivity index (χ1n) is 9.98. The van der Waals surface area contributed by atoms with Gasteiger partial charge in [-0.05, 0) is 56.4 Å². The number of hydrogen-bond donors (Lipinski definition) is 1. The molecule has 3 heterocycles. The highest BCUT2D eigenvalue weighted by molar-refractivity contribution is 5.93. The molecule has 1 N–H and O–H groups in total. The van der Waals surface area contributed by atoms with Crippen molar-refractivity contribution >= 4 is 17.4 Å². The lowest BCUT2D eigenvalue weighted by Gasteiger charge is -2.22. The molecule has 6 nitrogen and oxygen atoms in total. The van der Waals surface area contributed by atoms with Gasteiger partial charge in [-0.3, -0.25) is 4.79 Å². The molecule has 144 valence electrons. The van der Waals surface area contributed by atoms with Crippen LogP contribution < -0.4 is 10.2 Å². The van der Waals surface area contributed by atoms with Crippen molar-refractivity contribution in [1.29, 1.82) is 0 Å². The lowest BCUT2D eigenvalue weighted by Crippen LogP contribution is -2.34. The minimum Gasteiger partial charge on any atom is -0.381 e. The third kappa shape index (κ3) is 4.10. The molecular formula is C21H29N5O. The number of likely N-dealkylation sites (tertiary alicyclic amines) is 1. The van der Waals surface area contributed by atoms with Crippen LogP contribution in [0.4, 0.5) is 11.5 Å². The molecule has 4 rings (SSSR count). The quantitative estimate of drug-likeness (QED) is 0.880. The van der Waals surface area contributed by atoms with Crippen LogP contribution in [0.5, 0.6) is 0 Å². The maximum absolute atomic E-state index is 13.0. The number of nitrogens with zero attached hydrogens (tertiary/aromatic N) is 4. The molecule has 1 amide bonds. The van der Waals surface area contributed by atoms with Crippen molar-refractivity contribution in [2.45, 2.75) is 44.2 Å². The number of aromatic nitrogens is 2. The van der Waals surface area contributed by atoms with Crippen molar-refractivity contribution in [3.05, 3.63) is 42.4 Å². The SMILES string of the molecule is CN(C)c1ccc(N[C@@H]2CCCN(C(=O)c3cccn3C3CC3)CC2)cn1. The average Bonchev–Trinajstić information content (AvgIpc) is 3.44. The molecule has 2 aromatic heterocycles. The fourth-order valence-electron chi connectivity index (χ4n) is 3.82. The molecule has 6 heteroatoms. The Morgan fingerprint density at radius 1 is 1.15 bits per heavy atom. The van der Waals surface area contributed by atoms with Crippen molar-refractivity contribution in [3.8, 4) is 0 Å². The maximum atomic E-state index is 13.0. The van der Waals surface area contributed by atoms with E-state index in [9.17, 15) is 4.79 Å². The van der Waals surface area contributed by atoms with Crippen molar-refractivity contribution < 1.29 is 4.79 Å². The molecule has 1 saturated carbocycles. The van der Waals surface area contributed by atoms with Gasteiger partial charge in [0.2, 0.25) is 0 Å². The Hall–Kier alpha value is -2.50. The Balaban J connectivity index is 1.36. The van der Waals surface area contributed by atoms with Crippen LogP contribution in [0.15, 0.2) is 36.7 Å². The Labute approximate surface area is 161 Å². The molecule has 1 aliphatic carbocycles. The van der Waals surface area contributed by atoms with Gasteiger partial charge in [-0.25, -0.2) is 4.98 Å². The van der Waals surface area contributed by atoms with E-state index in [2.05, 4.69) is 27.1 Å². The van der Waals surface area contributed by atoms with Gasteiger partial charge >= 0.3 is 0 Å². The van der Waals surface area contributed by atoms with Gasteiger partial charge < -0.3 is 19.7 Å². The van der Waals surface area contributed by atoms with Crippen LogP contribution in [0.3, 0.4) is 0 Å². The van der Waals surface area contributed by atoms with Crippen LogP contribution in [-0.4, -0.2) is 53.6 Å². The summed E-state index contributed by atoms with van der Waals surface area (Å²) in [5, 5.41) is 3.60. The highest BCUT2D eigenvalue weighted by Gasteiger charge is 2.29. The lowest BCUT2D eigenvalue weighted by molar-refractivity contribution is 0.0750. The van der Waals surface area contributed by atoms with Gasteiger partial charge in [-0.15, -0.1) is 0 Å². The van der Waals surface area contributed by atoms with Crippen molar-refractivity contribution in [1.82, 2.24) is 14.5 Å². The molecule has 2 aliphatic rings. The summed E-state index contributed by atoms with van der Waals surface area (Å²) < 4.78 is 2.17. The van der Waals surface area contributed by atoms with E-state index >= 15 is 0 Å². The highest BCUT2D eigenvalue weighted by atomic mass is 16.2. The third-order valence-electron chi connectivity index (χ3n) is 5.53. The molecule has 0 spiro atoms. The Morgan fingerprint density at radius 2 is 2.00 bits per heavy atom. The molecule has 1 atom stereocenters. The molecular weight excluding hydrogens is 338 g/mol. The molecule has 1 saturated heterocycles. The number of carbonyl (C=O) groups excluding carboxylic acids is 1. The van der Waals surface area contributed by atoms with Crippen molar-refractivity contribution in [3.63, 3.8) is 0 Å². The van der Waals surface area contributed by atoms with Crippen LogP contribution in [0.2, 0.25) is 0 Å². The topological polar surface area (TPSA) is 53.4 Å². The van der Waals surface area contributed by atoms with Crippen LogP contribution in [0.1, 0.15) is 48.6 Å².